The first-order valence-corrected chi connectivity index (χ1v) is 7.29. The number of hydrogen-bond donors (Lipinski definition) is 1. The molecule has 0 spiro atoms. The van der Waals surface area contributed by atoms with Crippen molar-refractivity contribution in [2.24, 2.45) is 5.92 Å². The van der Waals surface area contributed by atoms with Gasteiger partial charge >= 0.3 is 0 Å². The summed E-state index contributed by atoms with van der Waals surface area (Å²) in [5.41, 5.74) is 0. The fourth-order valence-electron chi connectivity index (χ4n) is 3.97. The Morgan fingerprint density at radius 1 is 1.33 bits per heavy atom. The van der Waals surface area contributed by atoms with E-state index in [1.54, 1.807) is 0 Å². The summed E-state index contributed by atoms with van der Waals surface area (Å²) in [4.78, 5) is 2.36. The Bertz CT molecular complexity index is 320. The number of rotatable bonds is 2. The van der Waals surface area contributed by atoms with E-state index in [1.165, 1.54) is 0 Å². The van der Waals surface area contributed by atoms with Crippen LogP contribution in [0.3, 0.4) is 0 Å². The van der Waals surface area contributed by atoms with E-state index < -0.39 is 5.79 Å². The van der Waals surface area contributed by atoms with E-state index >= 15 is 0 Å². The second-order valence-electron chi connectivity index (χ2n) is 6.45. The van der Waals surface area contributed by atoms with Crippen molar-refractivity contribution in [3.8, 4) is 0 Å². The van der Waals surface area contributed by atoms with Crippen LogP contribution in [0.15, 0.2) is 0 Å². The Labute approximate surface area is 109 Å². The third kappa shape index (κ3) is 1.99. The van der Waals surface area contributed by atoms with Crippen LogP contribution in [0, 0.1) is 5.92 Å². The molecule has 3 aliphatic rings. The number of nitrogens with zero attached hydrogens (tertiary/aromatic N) is 1. The van der Waals surface area contributed by atoms with Gasteiger partial charge in [0.1, 0.15) is 12.2 Å². The molecule has 3 fully saturated rings. The summed E-state index contributed by atoms with van der Waals surface area (Å²) >= 11 is 0. The van der Waals surface area contributed by atoms with Crippen molar-refractivity contribution in [3.63, 3.8) is 0 Å². The van der Waals surface area contributed by atoms with E-state index in [4.69, 9.17) is 9.47 Å². The van der Waals surface area contributed by atoms with E-state index in [1.807, 2.05) is 13.8 Å². The summed E-state index contributed by atoms with van der Waals surface area (Å²) in [5.74, 6) is -0.0546. The number of fused-ring (bicyclic) bond motifs is 3. The standard InChI is InChI=1S/C14H25NO3/c1-4-5-9-6-7-15-8-10-13(11(15)12(9)16)18-14(2,3)17-10/h9-13,16H,4-8H2,1-3H3/t9-,10+,11+,12+,13+/m0/s1. The number of hydrogen-bond acceptors (Lipinski definition) is 4. The van der Waals surface area contributed by atoms with Crippen LogP contribution in [0.5, 0.6) is 0 Å². The first-order chi connectivity index (χ1) is 8.52. The predicted octanol–water partition coefficient (Wildman–Crippen LogP) is 1.37. The molecule has 0 saturated carbocycles. The van der Waals surface area contributed by atoms with Crippen molar-refractivity contribution < 1.29 is 14.6 Å². The zero-order chi connectivity index (χ0) is 12.9. The zero-order valence-corrected chi connectivity index (χ0v) is 11.6. The molecule has 0 aromatic rings. The molecule has 3 aliphatic heterocycles. The van der Waals surface area contributed by atoms with Crippen molar-refractivity contribution >= 4 is 0 Å². The summed E-state index contributed by atoms with van der Waals surface area (Å²) in [7, 11) is 0. The van der Waals surface area contributed by atoms with Crippen molar-refractivity contribution in [2.45, 2.75) is 70.2 Å². The summed E-state index contributed by atoms with van der Waals surface area (Å²) in [6.07, 6.45) is 3.30. The SMILES string of the molecule is CCC[C@H]1CCN2C[C@H]3OC(C)(C)O[C@H]3[C@H]2[C@@H]1O. The molecule has 3 saturated heterocycles. The molecule has 3 heterocycles. The van der Waals surface area contributed by atoms with Gasteiger partial charge in [0.25, 0.3) is 0 Å². The van der Waals surface area contributed by atoms with Gasteiger partial charge in [0, 0.05) is 6.54 Å². The third-order valence-corrected chi connectivity index (χ3v) is 4.67. The highest BCUT2D eigenvalue weighted by Gasteiger charge is 2.56. The average molecular weight is 255 g/mol. The van der Waals surface area contributed by atoms with Crippen LogP contribution in [0.25, 0.3) is 0 Å². The lowest BCUT2D eigenvalue weighted by Gasteiger charge is -2.41. The van der Waals surface area contributed by atoms with Gasteiger partial charge in [-0.2, -0.15) is 0 Å². The molecule has 4 nitrogen and oxygen atoms in total. The second-order valence-corrected chi connectivity index (χ2v) is 6.45. The highest BCUT2D eigenvalue weighted by Crippen LogP contribution is 2.42. The highest BCUT2D eigenvalue weighted by molar-refractivity contribution is 5.06. The van der Waals surface area contributed by atoms with E-state index in [2.05, 4.69) is 11.8 Å². The molecule has 3 rings (SSSR count). The van der Waals surface area contributed by atoms with Crippen molar-refractivity contribution in [1.29, 1.82) is 0 Å². The van der Waals surface area contributed by atoms with Crippen molar-refractivity contribution in [2.75, 3.05) is 13.1 Å². The van der Waals surface area contributed by atoms with E-state index in [-0.39, 0.29) is 24.4 Å². The summed E-state index contributed by atoms with van der Waals surface area (Å²) in [5, 5.41) is 10.6. The molecule has 0 aromatic heterocycles. The summed E-state index contributed by atoms with van der Waals surface area (Å²) < 4.78 is 11.9. The zero-order valence-electron chi connectivity index (χ0n) is 11.6. The molecular weight excluding hydrogens is 230 g/mol. The fourth-order valence-corrected chi connectivity index (χ4v) is 3.97. The van der Waals surface area contributed by atoms with E-state index in [0.717, 1.165) is 32.4 Å². The van der Waals surface area contributed by atoms with E-state index in [0.29, 0.717) is 5.92 Å². The minimum absolute atomic E-state index is 0.0506. The molecule has 5 atom stereocenters. The largest absolute Gasteiger partial charge is 0.391 e. The van der Waals surface area contributed by atoms with Gasteiger partial charge in [-0.3, -0.25) is 4.90 Å². The molecule has 0 radical (unpaired) electrons. The topological polar surface area (TPSA) is 41.9 Å². The summed E-state index contributed by atoms with van der Waals surface area (Å²) in [6, 6.07) is 0.141. The molecule has 0 unspecified atom stereocenters. The van der Waals surface area contributed by atoms with Crippen LogP contribution >= 0.6 is 0 Å². The van der Waals surface area contributed by atoms with Crippen molar-refractivity contribution in [1.82, 2.24) is 4.90 Å². The van der Waals surface area contributed by atoms with Gasteiger partial charge in [0.15, 0.2) is 5.79 Å². The van der Waals surface area contributed by atoms with E-state index in [9.17, 15) is 5.11 Å². The Hall–Kier alpha value is -0.160. The lowest BCUT2D eigenvalue weighted by Crippen LogP contribution is -2.53. The van der Waals surface area contributed by atoms with Gasteiger partial charge < -0.3 is 14.6 Å². The number of ether oxygens (including phenoxy) is 2. The second kappa shape index (κ2) is 4.44. The molecule has 0 bridgehead atoms. The van der Waals surface area contributed by atoms with Crippen LogP contribution in [0.2, 0.25) is 0 Å². The first-order valence-electron chi connectivity index (χ1n) is 7.29. The maximum atomic E-state index is 10.6. The Kier molecular flexibility index (Phi) is 3.17. The summed E-state index contributed by atoms with van der Waals surface area (Å²) in [6.45, 7) is 8.11. The van der Waals surface area contributed by atoms with Gasteiger partial charge in [0.05, 0.1) is 12.1 Å². The predicted molar refractivity (Wildman–Crippen MR) is 68.2 cm³/mol. The van der Waals surface area contributed by atoms with Crippen LogP contribution < -0.4 is 0 Å². The fraction of sp³-hybridized carbons (Fsp3) is 1.00. The molecule has 104 valence electrons. The minimum atomic E-state index is -0.487. The smallest absolute Gasteiger partial charge is 0.163 e. The van der Waals surface area contributed by atoms with Gasteiger partial charge in [-0.1, -0.05) is 13.3 Å². The Morgan fingerprint density at radius 2 is 2.11 bits per heavy atom. The molecule has 0 aromatic carbocycles. The van der Waals surface area contributed by atoms with Crippen LogP contribution in [0.1, 0.15) is 40.0 Å². The normalized spacial score (nSPS) is 47.0. The lowest BCUT2D eigenvalue weighted by molar-refractivity contribution is -0.173. The van der Waals surface area contributed by atoms with Gasteiger partial charge in [-0.05, 0) is 39.2 Å². The molecule has 0 amide bonds. The monoisotopic (exact) mass is 255 g/mol. The quantitative estimate of drug-likeness (QED) is 0.809. The number of piperidine rings is 1. The van der Waals surface area contributed by atoms with Crippen molar-refractivity contribution in [3.05, 3.63) is 0 Å². The maximum absolute atomic E-state index is 10.6. The molecule has 1 N–H and O–H groups in total. The maximum Gasteiger partial charge on any atom is 0.163 e. The molecule has 0 aliphatic carbocycles. The minimum Gasteiger partial charge on any atom is -0.391 e. The van der Waals surface area contributed by atoms with Crippen LogP contribution in [-0.4, -0.2) is 53.2 Å². The van der Waals surface area contributed by atoms with Gasteiger partial charge in [-0.25, -0.2) is 0 Å². The van der Waals surface area contributed by atoms with Crippen LogP contribution in [-0.2, 0) is 9.47 Å². The van der Waals surface area contributed by atoms with Gasteiger partial charge in [-0.15, -0.1) is 0 Å². The molecule has 4 heteroatoms. The molecule has 18 heavy (non-hydrogen) atoms. The Balaban J connectivity index is 1.75. The van der Waals surface area contributed by atoms with Gasteiger partial charge in [0.2, 0.25) is 0 Å². The van der Waals surface area contributed by atoms with Crippen LogP contribution in [0.4, 0.5) is 0 Å². The Morgan fingerprint density at radius 3 is 2.83 bits per heavy atom. The number of aliphatic hydroxyl groups is 1. The third-order valence-electron chi connectivity index (χ3n) is 4.67. The average Bonchev–Trinajstić information content (AvgIpc) is 2.74. The lowest BCUT2D eigenvalue weighted by atomic mass is 9.84. The molecular formula is C14H25NO3. The number of aliphatic hydroxyl groups excluding tert-OH is 1. The highest BCUT2D eigenvalue weighted by atomic mass is 16.8. The first kappa shape index (κ1) is 12.9.